The van der Waals surface area contributed by atoms with Gasteiger partial charge in [0.2, 0.25) is 5.91 Å². The Balaban J connectivity index is 0.00000161. The number of nitrogens with two attached hydrogens (primary N) is 1. The number of amides is 1. The molecule has 4 heteroatoms. The normalized spacial score (nSPS) is 26.0. The zero-order chi connectivity index (χ0) is 14.0. The molecule has 0 radical (unpaired) electrons. The van der Waals surface area contributed by atoms with Gasteiger partial charge in [0, 0.05) is 17.9 Å². The molecule has 3 nitrogen and oxygen atoms in total. The van der Waals surface area contributed by atoms with Crippen LogP contribution in [0.25, 0.3) is 0 Å². The standard InChI is InChI=1S/C17H24N2O.ClH/c18-11-13-5-4-8-15(13)16(20)19-12-17(9-10-17)14-6-2-1-3-7-14;/h1-3,6-7,13,15H,4-5,8-12,18H2,(H,19,20);1H/t13-,15-;/m1./s1. The fraction of sp³-hybridized carbons (Fsp3) is 0.588. The highest BCUT2D eigenvalue weighted by molar-refractivity contribution is 5.85. The van der Waals surface area contributed by atoms with Gasteiger partial charge in [0.25, 0.3) is 0 Å². The average Bonchev–Trinajstić information content (AvgIpc) is 3.14. The molecule has 1 aromatic carbocycles. The molecule has 3 N–H and O–H groups in total. The van der Waals surface area contributed by atoms with Crippen LogP contribution in [-0.4, -0.2) is 19.0 Å². The molecule has 0 heterocycles. The minimum absolute atomic E-state index is 0. The molecule has 3 rings (SSSR count). The Morgan fingerprint density at radius 3 is 2.57 bits per heavy atom. The lowest BCUT2D eigenvalue weighted by Gasteiger charge is -2.21. The summed E-state index contributed by atoms with van der Waals surface area (Å²) in [7, 11) is 0. The van der Waals surface area contributed by atoms with E-state index in [4.69, 9.17) is 5.73 Å². The minimum Gasteiger partial charge on any atom is -0.355 e. The van der Waals surface area contributed by atoms with Crippen LogP contribution in [0, 0.1) is 11.8 Å². The van der Waals surface area contributed by atoms with E-state index in [2.05, 4.69) is 29.6 Å². The van der Waals surface area contributed by atoms with Crippen molar-refractivity contribution in [3.63, 3.8) is 0 Å². The summed E-state index contributed by atoms with van der Waals surface area (Å²) in [5, 5.41) is 3.20. The van der Waals surface area contributed by atoms with Gasteiger partial charge in [0.1, 0.15) is 0 Å². The third kappa shape index (κ3) is 3.41. The summed E-state index contributed by atoms with van der Waals surface area (Å²) in [4.78, 5) is 12.4. The first-order valence-corrected chi connectivity index (χ1v) is 7.78. The summed E-state index contributed by atoms with van der Waals surface area (Å²) in [5.74, 6) is 0.758. The fourth-order valence-corrected chi connectivity index (χ4v) is 3.56. The number of carbonyl (C=O) groups excluding carboxylic acids is 1. The number of hydrogen-bond acceptors (Lipinski definition) is 2. The van der Waals surface area contributed by atoms with E-state index in [0.717, 1.165) is 25.8 Å². The van der Waals surface area contributed by atoms with Gasteiger partial charge >= 0.3 is 0 Å². The van der Waals surface area contributed by atoms with Crippen LogP contribution in [0.4, 0.5) is 0 Å². The van der Waals surface area contributed by atoms with Gasteiger partial charge in [-0.25, -0.2) is 0 Å². The van der Waals surface area contributed by atoms with E-state index in [1.54, 1.807) is 0 Å². The molecular weight excluding hydrogens is 284 g/mol. The Hall–Kier alpha value is -1.06. The van der Waals surface area contributed by atoms with E-state index in [1.165, 1.54) is 18.4 Å². The predicted molar refractivity (Wildman–Crippen MR) is 87.5 cm³/mol. The lowest BCUT2D eigenvalue weighted by Crippen LogP contribution is -2.39. The molecule has 0 aromatic heterocycles. The van der Waals surface area contributed by atoms with Crippen molar-refractivity contribution in [2.45, 2.75) is 37.5 Å². The molecule has 0 aliphatic heterocycles. The molecule has 2 atom stereocenters. The maximum Gasteiger partial charge on any atom is 0.223 e. The van der Waals surface area contributed by atoms with Crippen LogP contribution in [0.3, 0.4) is 0 Å². The lowest BCUT2D eigenvalue weighted by atomic mass is 9.93. The van der Waals surface area contributed by atoms with E-state index < -0.39 is 0 Å². The zero-order valence-corrected chi connectivity index (χ0v) is 13.2. The Kier molecular flexibility index (Phi) is 5.28. The number of carbonyl (C=O) groups is 1. The molecule has 21 heavy (non-hydrogen) atoms. The zero-order valence-electron chi connectivity index (χ0n) is 12.4. The maximum absolute atomic E-state index is 12.4. The van der Waals surface area contributed by atoms with Crippen molar-refractivity contribution in [2.24, 2.45) is 17.6 Å². The van der Waals surface area contributed by atoms with Crippen molar-refractivity contribution >= 4 is 18.3 Å². The summed E-state index contributed by atoms with van der Waals surface area (Å²) < 4.78 is 0. The van der Waals surface area contributed by atoms with E-state index >= 15 is 0 Å². The van der Waals surface area contributed by atoms with Gasteiger partial charge in [-0.1, -0.05) is 36.8 Å². The fourth-order valence-electron chi connectivity index (χ4n) is 3.56. The predicted octanol–water partition coefficient (Wildman–Crippen LogP) is 2.63. The Bertz CT molecular complexity index is 473. The van der Waals surface area contributed by atoms with Gasteiger partial charge in [-0.2, -0.15) is 0 Å². The average molecular weight is 309 g/mol. The highest BCUT2D eigenvalue weighted by Gasteiger charge is 2.44. The van der Waals surface area contributed by atoms with E-state index in [9.17, 15) is 4.79 Å². The number of nitrogens with one attached hydrogen (secondary N) is 1. The molecule has 2 fully saturated rings. The van der Waals surface area contributed by atoms with Crippen LogP contribution < -0.4 is 11.1 Å². The number of hydrogen-bond donors (Lipinski definition) is 2. The van der Waals surface area contributed by atoms with E-state index in [1.807, 2.05) is 6.07 Å². The second-order valence-electron chi connectivity index (χ2n) is 6.40. The van der Waals surface area contributed by atoms with Crippen LogP contribution in [-0.2, 0) is 10.2 Å². The molecular formula is C17H25ClN2O. The maximum atomic E-state index is 12.4. The van der Waals surface area contributed by atoms with Gasteiger partial charge in [-0.15, -0.1) is 12.4 Å². The summed E-state index contributed by atoms with van der Waals surface area (Å²) >= 11 is 0. The molecule has 0 bridgehead atoms. The van der Waals surface area contributed by atoms with E-state index in [-0.39, 0.29) is 29.6 Å². The largest absolute Gasteiger partial charge is 0.355 e. The van der Waals surface area contributed by atoms with E-state index in [0.29, 0.717) is 12.5 Å². The molecule has 1 amide bonds. The molecule has 0 unspecified atom stereocenters. The Labute approximate surface area is 133 Å². The van der Waals surface area contributed by atoms with Gasteiger partial charge < -0.3 is 11.1 Å². The van der Waals surface area contributed by atoms with Crippen LogP contribution in [0.15, 0.2) is 30.3 Å². The van der Waals surface area contributed by atoms with Crippen LogP contribution in [0.5, 0.6) is 0 Å². The minimum atomic E-state index is 0. The molecule has 0 spiro atoms. The number of benzene rings is 1. The quantitative estimate of drug-likeness (QED) is 0.878. The second-order valence-corrected chi connectivity index (χ2v) is 6.40. The van der Waals surface area contributed by atoms with Crippen LogP contribution in [0.1, 0.15) is 37.7 Å². The van der Waals surface area contributed by atoms with Gasteiger partial charge in [0.15, 0.2) is 0 Å². The summed E-state index contributed by atoms with van der Waals surface area (Å²) in [6.07, 6.45) is 5.62. The third-order valence-electron chi connectivity index (χ3n) is 5.14. The molecule has 1 aromatic rings. The highest BCUT2D eigenvalue weighted by Crippen LogP contribution is 2.47. The first-order chi connectivity index (χ1) is 9.75. The van der Waals surface area contributed by atoms with Crippen molar-refractivity contribution in [2.75, 3.05) is 13.1 Å². The van der Waals surface area contributed by atoms with Crippen molar-refractivity contribution < 1.29 is 4.79 Å². The monoisotopic (exact) mass is 308 g/mol. The SMILES string of the molecule is Cl.NC[C@H]1CCC[C@H]1C(=O)NCC1(c2ccccc2)CC1. The second kappa shape index (κ2) is 6.80. The van der Waals surface area contributed by atoms with Crippen LogP contribution >= 0.6 is 12.4 Å². The summed E-state index contributed by atoms with van der Waals surface area (Å²) in [5.41, 5.74) is 7.33. The molecule has 116 valence electrons. The number of rotatable bonds is 5. The Morgan fingerprint density at radius 2 is 1.95 bits per heavy atom. The first kappa shape index (κ1) is 16.3. The van der Waals surface area contributed by atoms with Crippen molar-refractivity contribution in [1.29, 1.82) is 0 Å². The van der Waals surface area contributed by atoms with Crippen molar-refractivity contribution in [3.05, 3.63) is 35.9 Å². The first-order valence-electron chi connectivity index (χ1n) is 7.78. The molecule has 2 saturated carbocycles. The highest BCUT2D eigenvalue weighted by atomic mass is 35.5. The lowest BCUT2D eigenvalue weighted by molar-refractivity contribution is -0.126. The Morgan fingerprint density at radius 1 is 1.24 bits per heavy atom. The number of halogens is 1. The smallest absolute Gasteiger partial charge is 0.223 e. The van der Waals surface area contributed by atoms with Gasteiger partial charge in [0.05, 0.1) is 0 Å². The topological polar surface area (TPSA) is 55.1 Å². The van der Waals surface area contributed by atoms with Gasteiger partial charge in [-0.05, 0) is 43.7 Å². The van der Waals surface area contributed by atoms with Gasteiger partial charge in [-0.3, -0.25) is 4.79 Å². The molecule has 0 saturated heterocycles. The van der Waals surface area contributed by atoms with Crippen molar-refractivity contribution in [3.8, 4) is 0 Å². The van der Waals surface area contributed by atoms with Crippen molar-refractivity contribution in [1.82, 2.24) is 5.32 Å². The summed E-state index contributed by atoms with van der Waals surface area (Å²) in [6.45, 7) is 1.42. The summed E-state index contributed by atoms with van der Waals surface area (Å²) in [6, 6.07) is 10.6. The molecule has 2 aliphatic carbocycles. The third-order valence-corrected chi connectivity index (χ3v) is 5.14. The molecule has 2 aliphatic rings. The van der Waals surface area contributed by atoms with Crippen LogP contribution in [0.2, 0.25) is 0 Å².